The van der Waals surface area contributed by atoms with Gasteiger partial charge in [0.1, 0.15) is 17.2 Å². The van der Waals surface area contributed by atoms with Crippen LogP contribution in [0.3, 0.4) is 0 Å². The number of para-hydroxylation sites is 1. The van der Waals surface area contributed by atoms with Gasteiger partial charge < -0.3 is 14.6 Å². The van der Waals surface area contributed by atoms with Gasteiger partial charge in [-0.15, -0.1) is 0 Å². The average molecular weight is 392 g/mol. The van der Waals surface area contributed by atoms with Gasteiger partial charge >= 0.3 is 11.9 Å². The molecule has 0 heterocycles. The zero-order chi connectivity index (χ0) is 21.2. The minimum absolute atomic E-state index is 0.178. The molecule has 1 N–H and O–H groups in total. The van der Waals surface area contributed by atoms with Crippen molar-refractivity contribution in [3.8, 4) is 17.2 Å². The second-order valence-electron chi connectivity index (χ2n) is 6.38. The molecule has 0 atom stereocenters. The monoisotopic (exact) mass is 392 g/mol. The Kier molecular flexibility index (Phi) is 7.98. The number of benzene rings is 3. The minimum atomic E-state index is -0.332. The van der Waals surface area contributed by atoms with Crippen molar-refractivity contribution in [3.05, 3.63) is 90.0 Å². The van der Waals surface area contributed by atoms with E-state index in [-0.39, 0.29) is 17.9 Å². The van der Waals surface area contributed by atoms with Crippen molar-refractivity contribution in [2.75, 3.05) is 0 Å². The maximum Gasteiger partial charge on any atom is 0.308 e. The average Bonchev–Trinajstić information content (AvgIpc) is 2.69. The molecule has 0 fully saturated rings. The summed E-state index contributed by atoms with van der Waals surface area (Å²) < 4.78 is 10.0. The highest BCUT2D eigenvalue weighted by Crippen LogP contribution is 2.27. The van der Waals surface area contributed by atoms with Crippen LogP contribution >= 0.6 is 0 Å². The summed E-state index contributed by atoms with van der Waals surface area (Å²) in [6.07, 6.45) is 0. The third-order valence-corrected chi connectivity index (χ3v) is 4.04. The summed E-state index contributed by atoms with van der Waals surface area (Å²) in [4.78, 5) is 21.8. The highest BCUT2D eigenvalue weighted by Gasteiger charge is 2.09. The third-order valence-electron chi connectivity index (χ3n) is 4.04. The van der Waals surface area contributed by atoms with Crippen LogP contribution in [0.4, 0.5) is 0 Å². The first-order valence-electron chi connectivity index (χ1n) is 9.16. The van der Waals surface area contributed by atoms with Crippen molar-refractivity contribution in [3.63, 3.8) is 0 Å². The number of rotatable bonds is 4. The molecule has 0 radical (unpaired) electrons. The van der Waals surface area contributed by atoms with Crippen LogP contribution in [0, 0.1) is 0 Å². The van der Waals surface area contributed by atoms with Gasteiger partial charge in [0.2, 0.25) is 0 Å². The molecule has 0 unspecified atom stereocenters. The van der Waals surface area contributed by atoms with Crippen LogP contribution in [-0.4, -0.2) is 17.0 Å². The molecule has 0 bridgehead atoms. The Labute approximate surface area is 170 Å². The van der Waals surface area contributed by atoms with Crippen molar-refractivity contribution in [2.24, 2.45) is 0 Å². The quantitative estimate of drug-likeness (QED) is 0.495. The van der Waals surface area contributed by atoms with E-state index in [0.717, 1.165) is 11.1 Å². The fourth-order valence-electron chi connectivity index (χ4n) is 2.60. The molecule has 5 heteroatoms. The van der Waals surface area contributed by atoms with Crippen LogP contribution in [0.1, 0.15) is 37.8 Å². The van der Waals surface area contributed by atoms with Gasteiger partial charge in [0.15, 0.2) is 0 Å². The third kappa shape index (κ3) is 7.50. The lowest BCUT2D eigenvalue weighted by atomic mass is 9.93. The first kappa shape index (κ1) is 21.7. The summed E-state index contributed by atoms with van der Waals surface area (Å²) >= 11 is 0. The number of carbonyl (C=O) groups excluding carboxylic acids is 2. The maximum atomic E-state index is 10.9. The van der Waals surface area contributed by atoms with Crippen LogP contribution in [-0.2, 0) is 9.59 Å². The molecular formula is C24H24O5. The van der Waals surface area contributed by atoms with Crippen LogP contribution in [0.25, 0.3) is 0 Å². The molecule has 3 aromatic rings. The van der Waals surface area contributed by atoms with Gasteiger partial charge in [0.05, 0.1) is 0 Å². The van der Waals surface area contributed by atoms with Gasteiger partial charge in [-0.2, -0.15) is 0 Å². The summed E-state index contributed by atoms with van der Waals surface area (Å²) in [5.41, 5.74) is 2.22. The zero-order valence-electron chi connectivity index (χ0n) is 16.7. The Morgan fingerprint density at radius 1 is 0.690 bits per heavy atom. The minimum Gasteiger partial charge on any atom is -0.508 e. The first-order chi connectivity index (χ1) is 13.8. The fraction of sp³-hybridized carbons (Fsp3) is 0.167. The summed E-state index contributed by atoms with van der Waals surface area (Å²) in [5.74, 6) is 0.909. The second kappa shape index (κ2) is 10.7. The summed E-state index contributed by atoms with van der Waals surface area (Å²) in [5, 5.41) is 8.63. The lowest BCUT2D eigenvalue weighted by Gasteiger charge is -2.13. The molecule has 29 heavy (non-hydrogen) atoms. The number of phenols is 1. The largest absolute Gasteiger partial charge is 0.508 e. The maximum absolute atomic E-state index is 10.9. The zero-order valence-corrected chi connectivity index (χ0v) is 16.7. The first-order valence-corrected chi connectivity index (χ1v) is 9.16. The molecule has 0 aliphatic carbocycles. The van der Waals surface area contributed by atoms with Crippen molar-refractivity contribution in [1.29, 1.82) is 0 Å². The fourth-order valence-corrected chi connectivity index (χ4v) is 2.60. The van der Waals surface area contributed by atoms with E-state index >= 15 is 0 Å². The SMILES string of the molecule is CC(=O)Oc1ccc(C(C)c2ccc(OC(C)=O)cc2)cc1.Oc1ccccc1. The smallest absolute Gasteiger partial charge is 0.308 e. The van der Waals surface area contributed by atoms with Crippen LogP contribution in [0.15, 0.2) is 78.9 Å². The van der Waals surface area contributed by atoms with Crippen molar-refractivity contribution >= 4 is 11.9 Å². The standard InChI is InChI=1S/C18H18O4.C6H6O/c1-12(15-4-8-17(9-5-15)21-13(2)19)16-6-10-18(11-7-16)22-14(3)20;7-6-4-2-1-3-5-6/h4-12H,1-3H3;1-5,7H. The Hall–Kier alpha value is -3.60. The molecule has 150 valence electrons. The summed E-state index contributed by atoms with van der Waals surface area (Å²) in [6.45, 7) is 4.84. The van der Waals surface area contributed by atoms with E-state index in [4.69, 9.17) is 14.6 Å². The van der Waals surface area contributed by atoms with E-state index in [1.165, 1.54) is 13.8 Å². The molecule has 5 nitrogen and oxygen atoms in total. The van der Waals surface area contributed by atoms with Crippen molar-refractivity contribution < 1.29 is 24.2 Å². The van der Waals surface area contributed by atoms with Crippen molar-refractivity contribution in [2.45, 2.75) is 26.7 Å². The summed E-state index contributed by atoms with van der Waals surface area (Å²) in [7, 11) is 0. The Bertz CT molecular complexity index is 856. The highest BCUT2D eigenvalue weighted by molar-refractivity contribution is 5.69. The number of aromatic hydroxyl groups is 1. The van der Waals surface area contributed by atoms with Gasteiger partial charge in [0, 0.05) is 19.8 Å². The summed E-state index contributed by atoms with van der Waals surface area (Å²) in [6, 6.07) is 23.6. The van der Waals surface area contributed by atoms with E-state index < -0.39 is 0 Å². The number of carbonyl (C=O) groups is 2. The van der Waals surface area contributed by atoms with E-state index in [2.05, 4.69) is 6.92 Å². The predicted molar refractivity (Wildman–Crippen MR) is 111 cm³/mol. The molecule has 0 saturated carbocycles. The Morgan fingerprint density at radius 2 is 1.07 bits per heavy atom. The predicted octanol–water partition coefficient (Wildman–Crippen LogP) is 5.08. The van der Waals surface area contributed by atoms with E-state index in [9.17, 15) is 9.59 Å². The normalized spacial score (nSPS) is 9.93. The van der Waals surface area contributed by atoms with Crippen molar-refractivity contribution in [1.82, 2.24) is 0 Å². The molecule has 0 aromatic heterocycles. The topological polar surface area (TPSA) is 72.8 Å². The molecule has 0 aliphatic rings. The van der Waals surface area contributed by atoms with E-state index in [0.29, 0.717) is 17.2 Å². The molecule has 0 amide bonds. The Morgan fingerprint density at radius 3 is 1.34 bits per heavy atom. The molecule has 0 saturated heterocycles. The number of esters is 2. The number of ether oxygens (including phenoxy) is 2. The van der Waals surface area contributed by atoms with Crippen LogP contribution in [0.2, 0.25) is 0 Å². The van der Waals surface area contributed by atoms with Gasteiger partial charge in [0.25, 0.3) is 0 Å². The molecule has 0 spiro atoms. The highest BCUT2D eigenvalue weighted by atomic mass is 16.5. The van der Waals surface area contributed by atoms with Gasteiger partial charge in [-0.3, -0.25) is 9.59 Å². The molecule has 3 aromatic carbocycles. The number of hydrogen-bond acceptors (Lipinski definition) is 5. The number of hydrogen-bond donors (Lipinski definition) is 1. The van der Waals surface area contributed by atoms with Gasteiger partial charge in [-0.25, -0.2) is 0 Å². The number of phenolic OH excluding ortho intramolecular Hbond substituents is 1. The molecular weight excluding hydrogens is 368 g/mol. The lowest BCUT2D eigenvalue weighted by Crippen LogP contribution is -2.02. The van der Waals surface area contributed by atoms with Crippen LogP contribution in [0.5, 0.6) is 17.2 Å². The second-order valence-corrected chi connectivity index (χ2v) is 6.38. The van der Waals surface area contributed by atoms with Crippen LogP contribution < -0.4 is 9.47 Å². The van der Waals surface area contributed by atoms with E-state index in [1.54, 1.807) is 48.5 Å². The Balaban J connectivity index is 0.000000360. The van der Waals surface area contributed by atoms with Gasteiger partial charge in [-0.1, -0.05) is 49.4 Å². The van der Waals surface area contributed by atoms with Gasteiger partial charge in [-0.05, 0) is 47.5 Å². The lowest BCUT2D eigenvalue weighted by molar-refractivity contribution is -0.132. The molecule has 0 aliphatic heterocycles. The van der Waals surface area contributed by atoms with E-state index in [1.807, 2.05) is 30.3 Å². The molecule has 3 rings (SSSR count).